The lowest BCUT2D eigenvalue weighted by atomic mass is 9.94. The highest BCUT2D eigenvalue weighted by atomic mass is 32.2. The maximum Gasteiger partial charge on any atom is 0.335 e. The number of carbonyl (C=O) groups is 2. The van der Waals surface area contributed by atoms with Gasteiger partial charge < -0.3 is 9.84 Å². The molecule has 0 spiro atoms. The summed E-state index contributed by atoms with van der Waals surface area (Å²) in [6.45, 7) is 0. The van der Waals surface area contributed by atoms with Gasteiger partial charge in [-0.25, -0.2) is 9.79 Å². The number of benzene rings is 2. The molecule has 1 N–H and O–H groups in total. The molecule has 1 aliphatic heterocycles. The number of rotatable bonds is 5. The normalized spacial score (nSPS) is 19.9. The number of thioether (sulfide) groups is 1. The predicted molar refractivity (Wildman–Crippen MR) is 123 cm³/mol. The molecule has 0 atom stereocenters. The average Bonchev–Trinajstić information content (AvgIpc) is 3.09. The second kappa shape index (κ2) is 9.39. The maximum atomic E-state index is 13.4. The first-order valence-electron chi connectivity index (χ1n) is 10.3. The first-order valence-corrected chi connectivity index (χ1v) is 11.2. The van der Waals surface area contributed by atoms with E-state index in [-0.39, 0.29) is 17.5 Å². The van der Waals surface area contributed by atoms with Gasteiger partial charge in [0.1, 0.15) is 5.75 Å². The Labute approximate surface area is 185 Å². The Kier molecular flexibility index (Phi) is 6.42. The van der Waals surface area contributed by atoms with E-state index >= 15 is 0 Å². The number of aliphatic imine (C=N–C) groups is 1. The molecule has 1 aliphatic carbocycles. The van der Waals surface area contributed by atoms with Crippen molar-refractivity contribution in [2.75, 3.05) is 7.11 Å². The van der Waals surface area contributed by atoms with Gasteiger partial charge in [-0.05, 0) is 54.9 Å². The van der Waals surface area contributed by atoms with Crippen molar-refractivity contribution in [1.29, 1.82) is 0 Å². The van der Waals surface area contributed by atoms with Gasteiger partial charge in [0.25, 0.3) is 5.91 Å². The Morgan fingerprint density at radius 2 is 1.94 bits per heavy atom. The van der Waals surface area contributed by atoms with Crippen LogP contribution in [0.1, 0.15) is 48.0 Å². The van der Waals surface area contributed by atoms with Crippen LogP contribution in [0.25, 0.3) is 6.08 Å². The molecule has 0 radical (unpaired) electrons. The molecule has 7 heteroatoms. The minimum atomic E-state index is -1.00. The number of carboxylic acids is 1. The third kappa shape index (κ3) is 4.66. The molecular formula is C24H24N2O4S. The third-order valence-electron chi connectivity index (χ3n) is 5.52. The summed E-state index contributed by atoms with van der Waals surface area (Å²) < 4.78 is 5.43. The minimum absolute atomic E-state index is 0.0593. The lowest BCUT2D eigenvalue weighted by Crippen LogP contribution is -2.40. The number of carboxylic acid groups (broad SMARTS) is 1. The minimum Gasteiger partial charge on any atom is -0.496 e. The van der Waals surface area contributed by atoms with E-state index in [2.05, 4.69) is 0 Å². The van der Waals surface area contributed by atoms with Crippen molar-refractivity contribution < 1.29 is 19.4 Å². The van der Waals surface area contributed by atoms with E-state index in [1.807, 2.05) is 30.3 Å². The highest BCUT2D eigenvalue weighted by molar-refractivity contribution is 8.18. The second-order valence-electron chi connectivity index (χ2n) is 7.57. The van der Waals surface area contributed by atoms with E-state index in [0.717, 1.165) is 31.2 Å². The van der Waals surface area contributed by atoms with Gasteiger partial charge in [0, 0.05) is 11.6 Å². The molecule has 6 nitrogen and oxygen atoms in total. The highest BCUT2D eigenvalue weighted by Gasteiger charge is 2.38. The average molecular weight is 437 g/mol. The zero-order valence-electron chi connectivity index (χ0n) is 17.3. The van der Waals surface area contributed by atoms with E-state index in [1.54, 1.807) is 24.1 Å². The van der Waals surface area contributed by atoms with Crippen molar-refractivity contribution in [2.24, 2.45) is 4.99 Å². The number of methoxy groups -OCH3 is 1. The summed E-state index contributed by atoms with van der Waals surface area (Å²) in [6.07, 6.45) is 7.10. The van der Waals surface area contributed by atoms with E-state index in [4.69, 9.17) is 9.73 Å². The number of aromatic carboxylic acids is 1. The molecule has 0 unspecified atom stereocenters. The molecule has 31 heavy (non-hydrogen) atoms. The first-order chi connectivity index (χ1) is 15.1. The molecule has 2 aromatic rings. The third-order valence-corrected chi connectivity index (χ3v) is 6.50. The summed E-state index contributed by atoms with van der Waals surface area (Å²) in [5.41, 5.74) is 1.53. The van der Waals surface area contributed by atoms with Crippen molar-refractivity contribution in [3.8, 4) is 5.75 Å². The van der Waals surface area contributed by atoms with Crippen LogP contribution in [0.2, 0.25) is 0 Å². The van der Waals surface area contributed by atoms with Gasteiger partial charge in [0.05, 0.1) is 23.3 Å². The van der Waals surface area contributed by atoms with Gasteiger partial charge in [0.15, 0.2) is 5.17 Å². The predicted octanol–water partition coefficient (Wildman–Crippen LogP) is 5.33. The molecule has 0 bridgehead atoms. The highest BCUT2D eigenvalue weighted by Crippen LogP contribution is 2.39. The zero-order valence-corrected chi connectivity index (χ0v) is 18.1. The largest absolute Gasteiger partial charge is 0.496 e. The standard InChI is InChI=1S/C24H24N2O4S/c1-30-20-13-6-5-8-16(20)15-21-22(27)26(19-11-3-2-4-12-19)24(31-21)25-18-10-7-9-17(14-18)23(28)29/h5-10,13-15,19H,2-4,11-12H2,1H3,(H,28,29)/b21-15-,25-24?. The van der Waals surface area contributed by atoms with Crippen molar-refractivity contribution in [1.82, 2.24) is 4.90 Å². The van der Waals surface area contributed by atoms with Crippen LogP contribution in [0.3, 0.4) is 0 Å². The lowest BCUT2D eigenvalue weighted by molar-refractivity contribution is -0.124. The fourth-order valence-electron chi connectivity index (χ4n) is 3.97. The first kappa shape index (κ1) is 21.2. The molecule has 2 aliphatic rings. The molecule has 1 amide bonds. The van der Waals surface area contributed by atoms with Gasteiger partial charge in [0.2, 0.25) is 0 Å². The maximum absolute atomic E-state index is 13.4. The number of hydrogen-bond acceptors (Lipinski definition) is 5. The van der Waals surface area contributed by atoms with Gasteiger partial charge in [-0.3, -0.25) is 9.69 Å². The summed E-state index contributed by atoms with van der Waals surface area (Å²) in [7, 11) is 1.61. The number of amides is 1. The number of amidine groups is 1. The molecule has 1 saturated carbocycles. The fourth-order valence-corrected chi connectivity index (χ4v) is 5.02. The smallest absolute Gasteiger partial charge is 0.335 e. The van der Waals surface area contributed by atoms with Crippen molar-refractivity contribution >= 4 is 40.6 Å². The van der Waals surface area contributed by atoms with Crippen LogP contribution in [-0.4, -0.2) is 40.2 Å². The summed E-state index contributed by atoms with van der Waals surface area (Å²) in [5.74, 6) is -0.360. The summed E-state index contributed by atoms with van der Waals surface area (Å²) in [5, 5.41) is 9.88. The van der Waals surface area contributed by atoms with Crippen molar-refractivity contribution in [2.45, 2.75) is 38.1 Å². The van der Waals surface area contributed by atoms with E-state index in [1.165, 1.54) is 30.3 Å². The molecule has 2 fully saturated rings. The number of carbonyl (C=O) groups excluding carboxylic acids is 1. The molecule has 1 heterocycles. The van der Waals surface area contributed by atoms with Crippen LogP contribution in [0, 0.1) is 0 Å². The molecule has 2 aromatic carbocycles. The van der Waals surface area contributed by atoms with Crippen LogP contribution in [0.4, 0.5) is 5.69 Å². The van der Waals surface area contributed by atoms with Crippen molar-refractivity contribution in [3.05, 3.63) is 64.6 Å². The Morgan fingerprint density at radius 1 is 1.16 bits per heavy atom. The summed E-state index contributed by atoms with van der Waals surface area (Å²) in [6, 6.07) is 14.2. The number of nitrogens with zero attached hydrogens (tertiary/aromatic N) is 2. The SMILES string of the molecule is COc1ccccc1/C=C1\SC(=Nc2cccc(C(=O)O)c2)N(C2CCCCC2)C1=O. The summed E-state index contributed by atoms with van der Waals surface area (Å²) >= 11 is 1.33. The Morgan fingerprint density at radius 3 is 2.68 bits per heavy atom. The van der Waals surface area contributed by atoms with Crippen LogP contribution >= 0.6 is 11.8 Å². The molecule has 4 rings (SSSR count). The van der Waals surface area contributed by atoms with Crippen LogP contribution in [-0.2, 0) is 4.79 Å². The van der Waals surface area contributed by atoms with Crippen LogP contribution in [0.5, 0.6) is 5.75 Å². The fraction of sp³-hybridized carbons (Fsp3) is 0.292. The molecular weight excluding hydrogens is 412 g/mol. The number of para-hydroxylation sites is 1. The van der Waals surface area contributed by atoms with E-state index < -0.39 is 5.97 Å². The molecule has 0 aromatic heterocycles. The Balaban J connectivity index is 1.73. The number of hydrogen-bond donors (Lipinski definition) is 1. The van der Waals surface area contributed by atoms with Gasteiger partial charge in [-0.1, -0.05) is 43.5 Å². The van der Waals surface area contributed by atoms with Gasteiger partial charge >= 0.3 is 5.97 Å². The Hall–Kier alpha value is -3.06. The monoisotopic (exact) mass is 436 g/mol. The Bertz CT molecular complexity index is 1060. The lowest BCUT2D eigenvalue weighted by Gasteiger charge is -2.30. The van der Waals surface area contributed by atoms with Crippen molar-refractivity contribution in [3.63, 3.8) is 0 Å². The van der Waals surface area contributed by atoms with Gasteiger partial charge in [-0.2, -0.15) is 0 Å². The molecule has 160 valence electrons. The van der Waals surface area contributed by atoms with Crippen LogP contribution < -0.4 is 4.74 Å². The van der Waals surface area contributed by atoms with Crippen LogP contribution in [0.15, 0.2) is 58.4 Å². The molecule has 1 saturated heterocycles. The summed E-state index contributed by atoms with van der Waals surface area (Å²) in [4.78, 5) is 31.8. The zero-order chi connectivity index (χ0) is 21.8. The van der Waals surface area contributed by atoms with E-state index in [9.17, 15) is 14.7 Å². The topological polar surface area (TPSA) is 79.2 Å². The van der Waals surface area contributed by atoms with Gasteiger partial charge in [-0.15, -0.1) is 0 Å². The number of ether oxygens (including phenoxy) is 1. The van der Waals surface area contributed by atoms with E-state index in [0.29, 0.717) is 21.5 Å². The second-order valence-corrected chi connectivity index (χ2v) is 8.58. The quantitative estimate of drug-likeness (QED) is 0.641.